The summed E-state index contributed by atoms with van der Waals surface area (Å²) in [5.74, 6) is -0.243. The number of halogens is 1. The van der Waals surface area contributed by atoms with Gasteiger partial charge in [0.1, 0.15) is 5.03 Å². The molecule has 0 saturated heterocycles. The van der Waals surface area contributed by atoms with Gasteiger partial charge in [-0.3, -0.25) is 9.59 Å². The van der Waals surface area contributed by atoms with E-state index < -0.39 is 0 Å². The highest BCUT2D eigenvalue weighted by Gasteiger charge is 2.13. The van der Waals surface area contributed by atoms with E-state index in [4.69, 9.17) is 0 Å². The zero-order valence-electron chi connectivity index (χ0n) is 16.7. The Hall–Kier alpha value is -2.64. The molecule has 0 aliphatic heterocycles. The van der Waals surface area contributed by atoms with Gasteiger partial charge in [0, 0.05) is 33.7 Å². The summed E-state index contributed by atoms with van der Waals surface area (Å²) in [6.07, 6.45) is 1.73. The second-order valence-electron chi connectivity index (χ2n) is 6.94. The number of nitrogens with one attached hydrogen (secondary N) is 2. The van der Waals surface area contributed by atoms with Crippen molar-refractivity contribution in [1.29, 1.82) is 0 Å². The predicted octanol–water partition coefficient (Wildman–Crippen LogP) is 5.52. The maximum atomic E-state index is 12.8. The van der Waals surface area contributed by atoms with Crippen molar-refractivity contribution in [1.82, 2.24) is 10.3 Å². The Morgan fingerprint density at radius 1 is 1.03 bits per heavy atom. The molecule has 0 atom stereocenters. The Bertz CT molecular complexity index is 1020. The number of aromatic nitrogens is 1. The topological polar surface area (TPSA) is 71.1 Å². The summed E-state index contributed by atoms with van der Waals surface area (Å²) in [6, 6.07) is 18.8. The van der Waals surface area contributed by atoms with Gasteiger partial charge in [0.05, 0.1) is 5.56 Å². The van der Waals surface area contributed by atoms with Gasteiger partial charge in [0.25, 0.3) is 5.91 Å². The van der Waals surface area contributed by atoms with Crippen molar-refractivity contribution in [2.75, 3.05) is 5.32 Å². The van der Waals surface area contributed by atoms with Crippen LogP contribution in [-0.2, 0) is 11.3 Å². The number of hydrogen-bond donors (Lipinski definition) is 2. The number of rotatable bonds is 7. The Morgan fingerprint density at radius 2 is 1.77 bits per heavy atom. The van der Waals surface area contributed by atoms with E-state index in [9.17, 15) is 9.59 Å². The molecule has 1 aromatic heterocycles. The van der Waals surface area contributed by atoms with Gasteiger partial charge in [-0.2, -0.15) is 0 Å². The lowest BCUT2D eigenvalue weighted by Crippen LogP contribution is -2.23. The van der Waals surface area contributed by atoms with Gasteiger partial charge in [-0.05, 0) is 57.9 Å². The van der Waals surface area contributed by atoms with Crippen LogP contribution in [0.5, 0.6) is 0 Å². The molecule has 0 bridgehead atoms. The first-order valence-electron chi connectivity index (χ1n) is 9.49. The average molecular weight is 484 g/mol. The van der Waals surface area contributed by atoms with Crippen LogP contribution in [0.4, 0.5) is 5.69 Å². The van der Waals surface area contributed by atoms with Crippen molar-refractivity contribution < 1.29 is 9.59 Å². The third-order valence-electron chi connectivity index (χ3n) is 4.25. The van der Waals surface area contributed by atoms with Crippen molar-refractivity contribution in [2.24, 2.45) is 5.92 Å². The highest BCUT2D eigenvalue weighted by Crippen LogP contribution is 2.29. The third kappa shape index (κ3) is 6.18. The first kappa shape index (κ1) is 22.1. The highest BCUT2D eigenvalue weighted by molar-refractivity contribution is 9.10. The van der Waals surface area contributed by atoms with Gasteiger partial charge < -0.3 is 10.6 Å². The number of anilines is 1. The van der Waals surface area contributed by atoms with Crippen LogP contribution < -0.4 is 10.6 Å². The van der Waals surface area contributed by atoms with E-state index in [0.29, 0.717) is 12.1 Å². The molecule has 0 spiro atoms. The number of benzene rings is 2. The zero-order chi connectivity index (χ0) is 21.5. The number of pyridine rings is 1. The molecule has 2 amide bonds. The first-order chi connectivity index (χ1) is 14.4. The largest absolute Gasteiger partial charge is 0.348 e. The van der Waals surface area contributed by atoms with Gasteiger partial charge in [-0.1, -0.05) is 49.9 Å². The van der Waals surface area contributed by atoms with Gasteiger partial charge in [-0.15, -0.1) is 0 Å². The molecular weight excluding hydrogens is 462 g/mol. The third-order valence-corrected chi connectivity index (χ3v) is 5.74. The van der Waals surface area contributed by atoms with E-state index >= 15 is 0 Å². The minimum atomic E-state index is -0.146. The SMILES string of the molecule is CC(C)C(=O)Nc1ccc(CNC(=O)c2ccccc2Sc2ccc(Br)cn2)cc1. The van der Waals surface area contributed by atoms with Crippen LogP contribution >= 0.6 is 27.7 Å². The number of carbonyl (C=O) groups is 2. The Morgan fingerprint density at radius 3 is 2.43 bits per heavy atom. The van der Waals surface area contributed by atoms with Gasteiger partial charge in [0.2, 0.25) is 5.91 Å². The first-order valence-corrected chi connectivity index (χ1v) is 11.1. The van der Waals surface area contributed by atoms with Crippen LogP contribution in [0.3, 0.4) is 0 Å². The minimum Gasteiger partial charge on any atom is -0.348 e. The average Bonchev–Trinajstić information content (AvgIpc) is 2.75. The highest BCUT2D eigenvalue weighted by atomic mass is 79.9. The number of hydrogen-bond acceptors (Lipinski definition) is 4. The lowest BCUT2D eigenvalue weighted by atomic mass is 10.1. The van der Waals surface area contributed by atoms with E-state index in [1.807, 2.05) is 68.4 Å². The molecule has 0 radical (unpaired) electrons. The van der Waals surface area contributed by atoms with Crippen molar-refractivity contribution in [3.8, 4) is 0 Å². The fourth-order valence-corrected chi connectivity index (χ4v) is 3.67. The van der Waals surface area contributed by atoms with Crippen molar-refractivity contribution >= 4 is 45.2 Å². The molecule has 0 aliphatic carbocycles. The Balaban J connectivity index is 1.62. The van der Waals surface area contributed by atoms with Crippen LogP contribution in [0.15, 0.2) is 81.3 Å². The van der Waals surface area contributed by atoms with E-state index in [1.54, 1.807) is 12.3 Å². The maximum Gasteiger partial charge on any atom is 0.252 e. The van der Waals surface area contributed by atoms with Gasteiger partial charge in [0.15, 0.2) is 0 Å². The van der Waals surface area contributed by atoms with E-state index in [0.717, 1.165) is 25.6 Å². The molecule has 2 aromatic carbocycles. The van der Waals surface area contributed by atoms with E-state index in [1.165, 1.54) is 11.8 Å². The van der Waals surface area contributed by atoms with Crippen molar-refractivity contribution in [3.05, 3.63) is 82.5 Å². The number of nitrogens with zero attached hydrogens (tertiary/aromatic N) is 1. The smallest absolute Gasteiger partial charge is 0.252 e. The summed E-state index contributed by atoms with van der Waals surface area (Å²) in [5, 5.41) is 6.63. The lowest BCUT2D eigenvalue weighted by Gasteiger charge is -2.11. The summed E-state index contributed by atoms with van der Waals surface area (Å²) >= 11 is 4.83. The standard InChI is InChI=1S/C23H22BrN3O2S/c1-15(2)22(28)27-18-10-7-16(8-11-18)13-26-23(29)19-5-3-4-6-20(19)30-21-12-9-17(24)14-25-21/h3-12,14-15H,13H2,1-2H3,(H,26,29)(H,27,28). The Kier molecular flexibility index (Phi) is 7.65. The van der Waals surface area contributed by atoms with E-state index in [2.05, 4.69) is 31.5 Å². The monoisotopic (exact) mass is 483 g/mol. The summed E-state index contributed by atoms with van der Waals surface area (Å²) in [5.41, 5.74) is 2.30. The van der Waals surface area contributed by atoms with Crippen molar-refractivity contribution in [3.63, 3.8) is 0 Å². The molecule has 30 heavy (non-hydrogen) atoms. The summed E-state index contributed by atoms with van der Waals surface area (Å²) in [7, 11) is 0. The molecule has 154 valence electrons. The zero-order valence-corrected chi connectivity index (χ0v) is 19.1. The summed E-state index contributed by atoms with van der Waals surface area (Å²) < 4.78 is 0.910. The summed E-state index contributed by atoms with van der Waals surface area (Å²) in [6.45, 7) is 4.09. The molecule has 0 saturated carbocycles. The molecule has 0 fully saturated rings. The van der Waals surface area contributed by atoms with Crippen molar-refractivity contribution in [2.45, 2.75) is 30.3 Å². The normalized spacial score (nSPS) is 10.7. The van der Waals surface area contributed by atoms with Crippen LogP contribution in [0.1, 0.15) is 29.8 Å². The second-order valence-corrected chi connectivity index (χ2v) is 8.91. The van der Waals surface area contributed by atoms with Gasteiger partial charge >= 0.3 is 0 Å². The second kappa shape index (κ2) is 10.4. The maximum absolute atomic E-state index is 12.8. The molecule has 0 unspecified atom stereocenters. The van der Waals surface area contributed by atoms with Crippen LogP contribution in [0, 0.1) is 5.92 Å². The number of carbonyl (C=O) groups excluding carboxylic acids is 2. The molecule has 2 N–H and O–H groups in total. The minimum absolute atomic E-state index is 0.0228. The quantitative estimate of drug-likeness (QED) is 0.463. The van der Waals surface area contributed by atoms with Gasteiger partial charge in [-0.25, -0.2) is 4.98 Å². The molecule has 1 heterocycles. The van der Waals surface area contributed by atoms with Crippen LogP contribution in [0.25, 0.3) is 0 Å². The Labute approximate surface area is 188 Å². The fourth-order valence-electron chi connectivity index (χ4n) is 2.55. The fraction of sp³-hybridized carbons (Fsp3) is 0.174. The molecule has 7 heteroatoms. The molecule has 3 rings (SSSR count). The molecule has 3 aromatic rings. The number of amides is 2. The van der Waals surface area contributed by atoms with E-state index in [-0.39, 0.29) is 17.7 Å². The summed E-state index contributed by atoms with van der Waals surface area (Å²) in [4.78, 5) is 29.7. The lowest BCUT2D eigenvalue weighted by molar-refractivity contribution is -0.118. The molecule has 5 nitrogen and oxygen atoms in total. The van der Waals surface area contributed by atoms with Crippen LogP contribution in [-0.4, -0.2) is 16.8 Å². The predicted molar refractivity (Wildman–Crippen MR) is 124 cm³/mol. The molecular formula is C23H22BrN3O2S. The van der Waals surface area contributed by atoms with Crippen LogP contribution in [0.2, 0.25) is 0 Å². The molecule has 0 aliphatic rings.